The van der Waals surface area contributed by atoms with Gasteiger partial charge in [0.25, 0.3) is 0 Å². The molecule has 142 valence electrons. The fourth-order valence-electron chi connectivity index (χ4n) is 3.33. The number of para-hydroxylation sites is 1. The van der Waals surface area contributed by atoms with Gasteiger partial charge in [-0.1, -0.05) is 35.5 Å². The average molecular weight is 386 g/mol. The molecule has 5 nitrogen and oxygen atoms in total. The van der Waals surface area contributed by atoms with Crippen molar-refractivity contribution in [1.29, 1.82) is 0 Å². The van der Waals surface area contributed by atoms with Crippen molar-refractivity contribution in [1.82, 2.24) is 10.1 Å². The Kier molecular flexibility index (Phi) is 6.37. The van der Waals surface area contributed by atoms with Crippen molar-refractivity contribution < 1.29 is 9.26 Å². The number of halogens is 1. The highest BCUT2D eigenvalue weighted by atomic mass is 35.5. The van der Waals surface area contributed by atoms with Gasteiger partial charge in [-0.25, -0.2) is 0 Å². The molecule has 6 heteroatoms. The predicted molar refractivity (Wildman–Crippen MR) is 110 cm³/mol. The molecule has 4 rings (SSSR count). The van der Waals surface area contributed by atoms with Crippen LogP contribution in [-0.4, -0.2) is 43.3 Å². The Morgan fingerprint density at radius 3 is 2.48 bits per heavy atom. The van der Waals surface area contributed by atoms with E-state index < -0.39 is 0 Å². The molecule has 2 aromatic carbocycles. The van der Waals surface area contributed by atoms with Crippen LogP contribution in [0.4, 0.5) is 5.69 Å². The normalized spacial score (nSPS) is 14.6. The number of hydrogen-bond donors (Lipinski definition) is 0. The molecule has 1 aliphatic rings. The largest absolute Gasteiger partial charge is 0.497 e. The van der Waals surface area contributed by atoms with Crippen molar-refractivity contribution in [2.24, 2.45) is 0 Å². The summed E-state index contributed by atoms with van der Waals surface area (Å²) in [6.07, 6.45) is 0. The maximum absolute atomic E-state index is 5.56. The van der Waals surface area contributed by atoms with Crippen LogP contribution in [0.15, 0.2) is 65.2 Å². The van der Waals surface area contributed by atoms with Gasteiger partial charge in [0.1, 0.15) is 11.4 Å². The standard InChI is InChI=1S/C21H23N3O2.ClH/c1-25-19-9-5-6-17(14-19)21-15-20(26-22-21)16-23-10-12-24(13-11-23)18-7-3-2-4-8-18;/h2-9,14-15H,10-13,16H2,1H3;1H. The van der Waals surface area contributed by atoms with Crippen LogP contribution < -0.4 is 9.64 Å². The molecular weight excluding hydrogens is 362 g/mol. The van der Waals surface area contributed by atoms with E-state index >= 15 is 0 Å². The minimum atomic E-state index is 0. The Morgan fingerprint density at radius 2 is 1.74 bits per heavy atom. The molecule has 0 spiro atoms. The van der Waals surface area contributed by atoms with Crippen molar-refractivity contribution in [2.75, 3.05) is 38.2 Å². The third kappa shape index (κ3) is 4.62. The summed E-state index contributed by atoms with van der Waals surface area (Å²) in [5.74, 6) is 1.72. The second kappa shape index (κ2) is 8.93. The Hall–Kier alpha value is -2.50. The third-order valence-electron chi connectivity index (χ3n) is 4.80. The van der Waals surface area contributed by atoms with E-state index in [2.05, 4.69) is 45.3 Å². The minimum Gasteiger partial charge on any atom is -0.497 e. The topological polar surface area (TPSA) is 41.7 Å². The molecule has 0 bridgehead atoms. The summed E-state index contributed by atoms with van der Waals surface area (Å²) < 4.78 is 10.8. The number of hydrogen-bond acceptors (Lipinski definition) is 5. The number of ether oxygens (including phenoxy) is 1. The van der Waals surface area contributed by atoms with Crippen LogP contribution in [-0.2, 0) is 6.54 Å². The summed E-state index contributed by atoms with van der Waals surface area (Å²) in [7, 11) is 1.67. The molecule has 0 aliphatic carbocycles. The molecule has 0 N–H and O–H groups in total. The summed E-state index contributed by atoms with van der Waals surface area (Å²) in [5.41, 5.74) is 3.15. The van der Waals surface area contributed by atoms with E-state index in [1.807, 2.05) is 30.3 Å². The first-order valence-corrected chi connectivity index (χ1v) is 8.94. The molecule has 0 radical (unpaired) electrons. The zero-order valence-corrected chi connectivity index (χ0v) is 16.2. The van der Waals surface area contributed by atoms with E-state index in [1.165, 1.54) is 5.69 Å². The molecule has 1 saturated heterocycles. The fraction of sp³-hybridized carbons (Fsp3) is 0.286. The summed E-state index contributed by atoms with van der Waals surface area (Å²) >= 11 is 0. The SMILES string of the molecule is COc1cccc(-c2cc(CN3CCN(c4ccccc4)CC3)on2)c1.Cl. The van der Waals surface area contributed by atoms with Gasteiger partial charge in [-0.05, 0) is 24.3 Å². The molecule has 0 amide bonds. The number of aromatic nitrogens is 1. The Morgan fingerprint density at radius 1 is 0.963 bits per heavy atom. The lowest BCUT2D eigenvalue weighted by Gasteiger charge is -2.35. The minimum absolute atomic E-state index is 0. The van der Waals surface area contributed by atoms with Gasteiger partial charge in [-0.3, -0.25) is 4.90 Å². The number of piperazine rings is 1. The number of nitrogens with zero attached hydrogens (tertiary/aromatic N) is 3. The van der Waals surface area contributed by atoms with Crippen LogP contribution >= 0.6 is 12.4 Å². The predicted octanol–water partition coefficient (Wildman–Crippen LogP) is 4.09. The molecule has 1 aromatic heterocycles. The number of rotatable bonds is 5. The van der Waals surface area contributed by atoms with Gasteiger partial charge < -0.3 is 14.2 Å². The lowest BCUT2D eigenvalue weighted by Crippen LogP contribution is -2.45. The Balaban J connectivity index is 0.00000210. The van der Waals surface area contributed by atoms with Gasteiger partial charge in [0.05, 0.1) is 13.7 Å². The molecule has 27 heavy (non-hydrogen) atoms. The van der Waals surface area contributed by atoms with Crippen LogP contribution in [0.3, 0.4) is 0 Å². The van der Waals surface area contributed by atoms with Crippen molar-refractivity contribution in [3.05, 3.63) is 66.4 Å². The maximum Gasteiger partial charge on any atom is 0.151 e. The number of benzene rings is 2. The fourth-order valence-corrected chi connectivity index (χ4v) is 3.33. The summed E-state index contributed by atoms with van der Waals surface area (Å²) in [6.45, 7) is 4.88. The summed E-state index contributed by atoms with van der Waals surface area (Å²) in [6, 6.07) is 20.5. The number of anilines is 1. The molecule has 1 aliphatic heterocycles. The van der Waals surface area contributed by atoms with Crippen LogP contribution in [0.5, 0.6) is 5.75 Å². The van der Waals surface area contributed by atoms with E-state index in [-0.39, 0.29) is 12.4 Å². The van der Waals surface area contributed by atoms with Gasteiger partial charge in [-0.15, -0.1) is 12.4 Å². The van der Waals surface area contributed by atoms with Gasteiger partial charge >= 0.3 is 0 Å². The van der Waals surface area contributed by atoms with Gasteiger partial charge in [0.15, 0.2) is 5.76 Å². The van der Waals surface area contributed by atoms with E-state index in [0.717, 1.165) is 55.5 Å². The van der Waals surface area contributed by atoms with Crippen molar-refractivity contribution in [3.8, 4) is 17.0 Å². The molecule has 3 aromatic rings. The Labute approximate surface area is 165 Å². The van der Waals surface area contributed by atoms with E-state index in [0.29, 0.717) is 0 Å². The smallest absolute Gasteiger partial charge is 0.151 e. The highest BCUT2D eigenvalue weighted by molar-refractivity contribution is 5.85. The van der Waals surface area contributed by atoms with Gasteiger partial charge in [-0.2, -0.15) is 0 Å². The van der Waals surface area contributed by atoms with Crippen LogP contribution in [0.2, 0.25) is 0 Å². The lowest BCUT2D eigenvalue weighted by molar-refractivity contribution is 0.220. The van der Waals surface area contributed by atoms with Gasteiger partial charge in [0, 0.05) is 43.5 Å². The number of methoxy groups -OCH3 is 1. The third-order valence-corrected chi connectivity index (χ3v) is 4.80. The van der Waals surface area contributed by atoms with E-state index in [4.69, 9.17) is 9.26 Å². The lowest BCUT2D eigenvalue weighted by atomic mass is 10.1. The van der Waals surface area contributed by atoms with Crippen molar-refractivity contribution in [2.45, 2.75) is 6.54 Å². The van der Waals surface area contributed by atoms with Crippen molar-refractivity contribution >= 4 is 18.1 Å². The second-order valence-electron chi connectivity index (χ2n) is 6.51. The first-order chi connectivity index (χ1) is 12.8. The first-order valence-electron chi connectivity index (χ1n) is 8.94. The van der Waals surface area contributed by atoms with Crippen LogP contribution in [0.25, 0.3) is 11.3 Å². The Bertz CT molecular complexity index is 845. The quantitative estimate of drug-likeness (QED) is 0.661. The highest BCUT2D eigenvalue weighted by Crippen LogP contribution is 2.24. The van der Waals surface area contributed by atoms with E-state index in [9.17, 15) is 0 Å². The average Bonchev–Trinajstić information content (AvgIpc) is 3.18. The first kappa shape index (κ1) is 19.3. The molecule has 1 fully saturated rings. The zero-order chi connectivity index (χ0) is 17.8. The monoisotopic (exact) mass is 385 g/mol. The second-order valence-corrected chi connectivity index (χ2v) is 6.51. The molecule has 0 atom stereocenters. The van der Waals surface area contributed by atoms with E-state index in [1.54, 1.807) is 7.11 Å². The van der Waals surface area contributed by atoms with Gasteiger partial charge in [0.2, 0.25) is 0 Å². The van der Waals surface area contributed by atoms with Crippen LogP contribution in [0.1, 0.15) is 5.76 Å². The summed E-state index contributed by atoms with van der Waals surface area (Å²) in [4.78, 5) is 4.84. The highest BCUT2D eigenvalue weighted by Gasteiger charge is 2.19. The van der Waals surface area contributed by atoms with Crippen molar-refractivity contribution in [3.63, 3.8) is 0 Å². The molecule has 0 saturated carbocycles. The maximum atomic E-state index is 5.56. The molecule has 0 unspecified atom stereocenters. The zero-order valence-electron chi connectivity index (χ0n) is 15.4. The summed E-state index contributed by atoms with van der Waals surface area (Å²) in [5, 5.41) is 4.22. The van der Waals surface area contributed by atoms with Crippen LogP contribution in [0, 0.1) is 0 Å². The molecular formula is C21H24ClN3O2. The molecule has 2 heterocycles.